The number of rotatable bonds is 20. The first-order chi connectivity index (χ1) is 36.0. The number of hydrogen-bond donors (Lipinski definition) is 5. The summed E-state index contributed by atoms with van der Waals surface area (Å²) >= 11 is 0. The monoisotopic (exact) mass is 1000 g/mol. The van der Waals surface area contributed by atoms with Gasteiger partial charge in [-0.1, -0.05) is 55.7 Å². The third-order valence-electron chi connectivity index (χ3n) is 13.8. The average Bonchev–Trinajstić information content (AvgIpc) is 3.95. The van der Waals surface area contributed by atoms with Crippen LogP contribution in [0.15, 0.2) is 96.0 Å². The van der Waals surface area contributed by atoms with E-state index in [4.69, 9.17) is 23.9 Å². The number of nitrogens with zero attached hydrogens (tertiary/aromatic N) is 3. The Morgan fingerprint density at radius 3 is 2.01 bits per heavy atom. The topological polar surface area (TPSA) is 218 Å². The van der Waals surface area contributed by atoms with Crippen LogP contribution in [0.3, 0.4) is 0 Å². The molecule has 5 aromatic rings. The lowest BCUT2D eigenvalue weighted by atomic mass is 9.89. The number of ether oxygens (including phenoxy) is 4. The van der Waals surface area contributed by atoms with Gasteiger partial charge in [0.25, 0.3) is 5.91 Å². The molecule has 1 aliphatic carbocycles. The highest BCUT2D eigenvalue weighted by molar-refractivity contribution is 6.14. The molecular weight excluding hydrogens is 945 g/mol. The van der Waals surface area contributed by atoms with Crippen LogP contribution in [0, 0.1) is 12.8 Å². The molecule has 18 heteroatoms. The number of aryl methyl sites for hydroxylation is 1. The second-order valence-electron chi connectivity index (χ2n) is 18.8. The molecule has 0 spiro atoms. The number of methoxy groups -OCH3 is 2. The summed E-state index contributed by atoms with van der Waals surface area (Å²) in [7, 11) is 3.06. The summed E-state index contributed by atoms with van der Waals surface area (Å²) in [6.45, 7) is 1.44. The highest BCUT2D eigenvalue weighted by atomic mass is 16.5. The molecule has 6 amide bonds. The van der Waals surface area contributed by atoms with Gasteiger partial charge in [-0.3, -0.25) is 38.7 Å². The molecule has 3 heterocycles. The minimum Gasteiger partial charge on any atom is -0.493 e. The van der Waals surface area contributed by atoms with Crippen molar-refractivity contribution in [2.24, 2.45) is 10.9 Å². The molecule has 1 saturated carbocycles. The fourth-order valence-corrected chi connectivity index (χ4v) is 10.0. The smallest absolute Gasteiger partial charge is 0.261 e. The number of anilines is 4. The Morgan fingerprint density at radius 2 is 1.32 bits per heavy atom. The second kappa shape index (κ2) is 23.0. The van der Waals surface area contributed by atoms with Crippen LogP contribution >= 0.6 is 0 Å². The molecular formula is C56H60N8O10. The van der Waals surface area contributed by atoms with Crippen LogP contribution in [-0.4, -0.2) is 94.6 Å². The van der Waals surface area contributed by atoms with Crippen molar-refractivity contribution in [1.29, 1.82) is 0 Å². The largest absolute Gasteiger partial charge is 0.493 e. The van der Waals surface area contributed by atoms with Crippen LogP contribution in [-0.2, 0) is 50.0 Å². The van der Waals surface area contributed by atoms with E-state index in [2.05, 4.69) is 26.6 Å². The van der Waals surface area contributed by atoms with Crippen LogP contribution in [0.25, 0.3) is 0 Å². The van der Waals surface area contributed by atoms with E-state index < -0.39 is 24.3 Å². The first kappa shape index (κ1) is 50.5. The minimum atomic E-state index is -0.593. The Bertz CT molecular complexity index is 2990. The van der Waals surface area contributed by atoms with Crippen molar-refractivity contribution in [1.82, 2.24) is 16.0 Å². The molecule has 2 atom stereocenters. The van der Waals surface area contributed by atoms with Crippen LogP contribution < -0.4 is 55.3 Å². The number of carbonyl (C=O) groups excluding carboxylic acids is 6. The molecule has 5 aromatic carbocycles. The van der Waals surface area contributed by atoms with Crippen molar-refractivity contribution in [3.05, 3.63) is 124 Å². The predicted octanol–water partition coefficient (Wildman–Crippen LogP) is 6.32. The lowest BCUT2D eigenvalue weighted by Crippen LogP contribution is -2.44. The van der Waals surface area contributed by atoms with E-state index in [1.165, 1.54) is 7.11 Å². The van der Waals surface area contributed by atoms with Crippen molar-refractivity contribution in [2.45, 2.75) is 77.2 Å². The van der Waals surface area contributed by atoms with Gasteiger partial charge in [0.2, 0.25) is 30.0 Å². The number of hydrogen-bond acceptors (Lipinski definition) is 12. The summed E-state index contributed by atoms with van der Waals surface area (Å²) in [6, 6.07) is 27.8. The summed E-state index contributed by atoms with van der Waals surface area (Å²) in [6.07, 6.45) is 8.70. The average molecular weight is 1010 g/mol. The maximum Gasteiger partial charge on any atom is 0.261 e. The van der Waals surface area contributed by atoms with Gasteiger partial charge in [0.15, 0.2) is 23.0 Å². The van der Waals surface area contributed by atoms with E-state index in [0.717, 1.165) is 72.3 Å². The molecule has 0 bridgehead atoms. The summed E-state index contributed by atoms with van der Waals surface area (Å²) in [5.74, 6) is -0.486. The first-order valence-corrected chi connectivity index (χ1v) is 24.9. The number of benzene rings is 5. The van der Waals surface area contributed by atoms with E-state index in [1.54, 1.807) is 47.4 Å². The molecule has 18 nitrogen and oxygen atoms in total. The van der Waals surface area contributed by atoms with Gasteiger partial charge >= 0.3 is 0 Å². The number of nitrogens with one attached hydrogen (secondary N) is 5. The minimum absolute atomic E-state index is 0.00600. The molecule has 0 saturated heterocycles. The molecule has 3 aliphatic heterocycles. The summed E-state index contributed by atoms with van der Waals surface area (Å²) in [5.41, 5.74) is 8.12. The summed E-state index contributed by atoms with van der Waals surface area (Å²) in [4.78, 5) is 85.4. The maximum atomic E-state index is 14.1. The standard InChI is InChI=1S/C56H60N8O10/c1-34-17-48(71-2)50(24-44(34)57-26-41-21-38-13-7-9-15-46(38)63(41)33-65)73-31-35-18-36(20-40(19-35)62-54(68)30-60-52(66)28-59-53(67)29-61-55(69)37-11-5-4-6-12-37)32-74-51-25-45-43(23-49(51)72-3)56(70)64-42(27-58-45)22-39-14-8-10-16-47(39)64/h7-10,13-20,23-25,27,33,37,41-42,57H,4-6,11-12,21-22,26,28-32H2,1-3H3,(H,59,67)(H,60,66)(H,61,69)(H,62,68)/t41?,42-/m0/s1. The Morgan fingerprint density at radius 1 is 0.703 bits per heavy atom. The van der Waals surface area contributed by atoms with Crippen molar-refractivity contribution < 1.29 is 47.7 Å². The summed E-state index contributed by atoms with van der Waals surface area (Å²) in [5, 5.41) is 14.0. The quantitative estimate of drug-likeness (QED) is 0.0543. The highest BCUT2D eigenvalue weighted by Gasteiger charge is 2.37. The predicted molar refractivity (Wildman–Crippen MR) is 280 cm³/mol. The molecule has 0 aromatic heterocycles. The van der Waals surface area contributed by atoms with E-state index in [-0.39, 0.29) is 56.1 Å². The third-order valence-corrected chi connectivity index (χ3v) is 13.8. The Labute approximate surface area is 429 Å². The van der Waals surface area contributed by atoms with E-state index in [0.29, 0.717) is 70.4 Å². The van der Waals surface area contributed by atoms with Crippen molar-refractivity contribution in [2.75, 3.05) is 60.8 Å². The fourth-order valence-electron chi connectivity index (χ4n) is 10.0. The molecule has 9 rings (SSSR count). The zero-order chi connectivity index (χ0) is 51.7. The maximum absolute atomic E-state index is 14.1. The Hall–Kier alpha value is -8.41. The number of fused-ring (bicyclic) bond motifs is 5. The number of aliphatic imine (C=N–C) groups is 1. The van der Waals surface area contributed by atoms with Crippen LogP contribution in [0.4, 0.5) is 28.4 Å². The second-order valence-corrected chi connectivity index (χ2v) is 18.8. The zero-order valence-corrected chi connectivity index (χ0v) is 41.7. The van der Waals surface area contributed by atoms with Crippen molar-refractivity contribution in [3.63, 3.8) is 0 Å². The van der Waals surface area contributed by atoms with E-state index in [1.807, 2.05) is 73.7 Å². The molecule has 74 heavy (non-hydrogen) atoms. The van der Waals surface area contributed by atoms with Gasteiger partial charge in [-0.25, -0.2) is 0 Å². The third kappa shape index (κ3) is 11.6. The summed E-state index contributed by atoms with van der Waals surface area (Å²) < 4.78 is 24.3. The lowest BCUT2D eigenvalue weighted by Gasteiger charge is -2.23. The zero-order valence-electron chi connectivity index (χ0n) is 41.7. The van der Waals surface area contributed by atoms with Crippen LogP contribution in [0.2, 0.25) is 0 Å². The number of amides is 6. The van der Waals surface area contributed by atoms with Crippen molar-refractivity contribution >= 4 is 70.6 Å². The Kier molecular flexibility index (Phi) is 15.7. The molecule has 384 valence electrons. The van der Waals surface area contributed by atoms with E-state index >= 15 is 0 Å². The van der Waals surface area contributed by atoms with Gasteiger partial charge in [0.05, 0.1) is 57.2 Å². The van der Waals surface area contributed by atoms with Crippen LogP contribution in [0.5, 0.6) is 23.0 Å². The van der Waals surface area contributed by atoms with Crippen molar-refractivity contribution in [3.8, 4) is 23.0 Å². The van der Waals surface area contributed by atoms with Gasteiger partial charge in [0.1, 0.15) is 13.2 Å². The molecule has 1 fully saturated rings. The molecule has 5 N–H and O–H groups in total. The first-order valence-electron chi connectivity index (χ1n) is 24.9. The molecule has 1 unspecified atom stereocenters. The van der Waals surface area contributed by atoms with Gasteiger partial charge in [-0.2, -0.15) is 0 Å². The van der Waals surface area contributed by atoms with Gasteiger partial charge in [-0.15, -0.1) is 0 Å². The SMILES string of the molecule is COc1cc2c(cc1OCc1cc(COc3cc(NCC4Cc5ccccc5N4C=O)c(C)cc3OC)cc(NC(=O)CNC(=O)CNC(=O)CNC(=O)C3CCCCC3)c1)N=C[C@@H]1Cc3ccccc3N1C2=O. The van der Waals surface area contributed by atoms with Gasteiger partial charge in [0, 0.05) is 60.0 Å². The number of para-hydroxylation sites is 2. The Balaban J connectivity index is 0.886. The highest BCUT2D eigenvalue weighted by Crippen LogP contribution is 2.42. The van der Waals surface area contributed by atoms with Gasteiger partial charge < -0.3 is 50.4 Å². The molecule has 4 aliphatic rings. The normalized spacial score (nSPS) is 16.4. The van der Waals surface area contributed by atoms with Crippen LogP contribution in [0.1, 0.15) is 70.3 Å². The molecule has 0 radical (unpaired) electrons. The lowest BCUT2D eigenvalue weighted by molar-refractivity contribution is -0.130. The fraction of sp³-hybridized carbons (Fsp3) is 0.339. The van der Waals surface area contributed by atoms with Gasteiger partial charge in [-0.05, 0) is 96.5 Å². The number of carbonyl (C=O) groups is 6. The van der Waals surface area contributed by atoms with E-state index in [9.17, 15) is 28.8 Å².